The first kappa shape index (κ1) is 22.4. The standard InChI is InChI=1S/C25H32N4O3/c1-16-24(17(2)32-29-16)23-13-20(11-18-7-4-3-5-8-18)27-25(28-23)19-9-6-10-22(12-19)31-15-21(30)14-26/h6,9-10,12-13,18,21,30H,3-5,7-8,11,14-15,26H2,1-2H3/t21-/m0/s1. The number of ether oxygens (including phenoxy) is 1. The summed E-state index contributed by atoms with van der Waals surface area (Å²) in [4.78, 5) is 9.81. The van der Waals surface area contributed by atoms with Crippen LogP contribution in [0.2, 0.25) is 0 Å². The smallest absolute Gasteiger partial charge is 0.160 e. The summed E-state index contributed by atoms with van der Waals surface area (Å²) in [7, 11) is 0. The van der Waals surface area contributed by atoms with E-state index in [1.807, 2.05) is 38.1 Å². The van der Waals surface area contributed by atoms with E-state index < -0.39 is 6.10 Å². The molecule has 7 nitrogen and oxygen atoms in total. The van der Waals surface area contributed by atoms with E-state index in [0.29, 0.717) is 17.5 Å². The Balaban J connectivity index is 1.69. The third-order valence-corrected chi connectivity index (χ3v) is 6.10. The Morgan fingerprint density at radius 3 is 2.69 bits per heavy atom. The lowest BCUT2D eigenvalue weighted by Crippen LogP contribution is -2.26. The maximum Gasteiger partial charge on any atom is 0.160 e. The van der Waals surface area contributed by atoms with Crippen molar-refractivity contribution in [3.05, 3.63) is 47.5 Å². The monoisotopic (exact) mass is 436 g/mol. The van der Waals surface area contributed by atoms with Gasteiger partial charge in [-0.1, -0.05) is 49.4 Å². The second-order valence-corrected chi connectivity index (χ2v) is 8.70. The maximum absolute atomic E-state index is 9.70. The first-order chi connectivity index (χ1) is 15.5. The van der Waals surface area contributed by atoms with Gasteiger partial charge in [-0.3, -0.25) is 0 Å². The van der Waals surface area contributed by atoms with Gasteiger partial charge >= 0.3 is 0 Å². The predicted molar refractivity (Wildman–Crippen MR) is 123 cm³/mol. The van der Waals surface area contributed by atoms with Crippen LogP contribution >= 0.6 is 0 Å². The van der Waals surface area contributed by atoms with Crippen molar-refractivity contribution in [2.45, 2.75) is 58.5 Å². The summed E-state index contributed by atoms with van der Waals surface area (Å²) < 4.78 is 11.1. The molecule has 4 rings (SSSR count). The Hall–Kier alpha value is -2.77. The molecule has 1 saturated carbocycles. The highest BCUT2D eigenvalue weighted by atomic mass is 16.5. The van der Waals surface area contributed by atoms with Crippen molar-refractivity contribution < 1.29 is 14.4 Å². The van der Waals surface area contributed by atoms with Crippen LogP contribution < -0.4 is 10.5 Å². The molecule has 2 aromatic heterocycles. The Labute approximate surface area is 189 Å². The van der Waals surface area contributed by atoms with E-state index in [4.69, 9.17) is 25.0 Å². The topological polar surface area (TPSA) is 107 Å². The highest BCUT2D eigenvalue weighted by Gasteiger charge is 2.19. The molecule has 0 spiro atoms. The molecule has 2 heterocycles. The molecule has 0 radical (unpaired) electrons. The Kier molecular flexibility index (Phi) is 7.17. The van der Waals surface area contributed by atoms with Gasteiger partial charge in [-0.05, 0) is 44.4 Å². The van der Waals surface area contributed by atoms with Crippen molar-refractivity contribution in [2.75, 3.05) is 13.2 Å². The van der Waals surface area contributed by atoms with Gasteiger partial charge in [0, 0.05) is 17.8 Å². The van der Waals surface area contributed by atoms with Crippen molar-refractivity contribution in [1.29, 1.82) is 0 Å². The zero-order valence-electron chi connectivity index (χ0n) is 18.9. The van der Waals surface area contributed by atoms with E-state index in [1.54, 1.807) is 0 Å². The molecule has 1 atom stereocenters. The molecule has 0 saturated heterocycles. The van der Waals surface area contributed by atoms with Crippen molar-refractivity contribution in [3.8, 4) is 28.4 Å². The van der Waals surface area contributed by atoms with E-state index >= 15 is 0 Å². The summed E-state index contributed by atoms with van der Waals surface area (Å²) in [6.07, 6.45) is 6.70. The van der Waals surface area contributed by atoms with Crippen LogP contribution in [0.4, 0.5) is 0 Å². The first-order valence-corrected chi connectivity index (χ1v) is 11.5. The Morgan fingerprint density at radius 1 is 1.16 bits per heavy atom. The lowest BCUT2D eigenvalue weighted by Gasteiger charge is -2.21. The summed E-state index contributed by atoms with van der Waals surface area (Å²) in [5, 5.41) is 13.8. The van der Waals surface area contributed by atoms with Crippen LogP contribution in [-0.2, 0) is 6.42 Å². The third kappa shape index (κ3) is 5.34. The summed E-state index contributed by atoms with van der Waals surface area (Å²) in [5.74, 6) is 2.72. The largest absolute Gasteiger partial charge is 0.491 e. The number of nitrogens with zero attached hydrogens (tertiary/aromatic N) is 3. The molecule has 1 aliphatic rings. The third-order valence-electron chi connectivity index (χ3n) is 6.10. The van der Waals surface area contributed by atoms with Gasteiger partial charge in [-0.25, -0.2) is 9.97 Å². The summed E-state index contributed by atoms with van der Waals surface area (Å²) in [6.45, 7) is 4.15. The number of aryl methyl sites for hydroxylation is 2. The van der Waals surface area contributed by atoms with Crippen molar-refractivity contribution >= 4 is 0 Å². The molecule has 0 bridgehead atoms. The SMILES string of the molecule is Cc1noc(C)c1-c1cc(CC2CCCCC2)nc(-c2cccc(OC[C@@H](O)CN)c2)n1. The van der Waals surface area contributed by atoms with E-state index in [1.165, 1.54) is 32.1 Å². The summed E-state index contributed by atoms with van der Waals surface area (Å²) >= 11 is 0. The molecule has 170 valence electrons. The molecule has 0 aliphatic heterocycles. The number of rotatable bonds is 8. The van der Waals surface area contributed by atoms with Crippen molar-refractivity contribution in [1.82, 2.24) is 15.1 Å². The highest BCUT2D eigenvalue weighted by molar-refractivity contribution is 5.67. The molecule has 32 heavy (non-hydrogen) atoms. The molecule has 1 aromatic carbocycles. The minimum absolute atomic E-state index is 0.146. The molecule has 7 heteroatoms. The molecule has 1 fully saturated rings. The van der Waals surface area contributed by atoms with Crippen LogP contribution in [0, 0.1) is 19.8 Å². The highest BCUT2D eigenvalue weighted by Crippen LogP contribution is 2.31. The lowest BCUT2D eigenvalue weighted by molar-refractivity contribution is 0.114. The van der Waals surface area contributed by atoms with Crippen LogP contribution in [-0.4, -0.2) is 39.5 Å². The minimum Gasteiger partial charge on any atom is -0.491 e. The lowest BCUT2D eigenvalue weighted by atomic mass is 9.86. The van der Waals surface area contributed by atoms with E-state index in [-0.39, 0.29) is 13.2 Å². The average Bonchev–Trinajstić information content (AvgIpc) is 3.16. The van der Waals surface area contributed by atoms with Gasteiger partial charge in [0.25, 0.3) is 0 Å². The zero-order chi connectivity index (χ0) is 22.5. The van der Waals surface area contributed by atoms with E-state index in [9.17, 15) is 5.11 Å². The molecule has 0 unspecified atom stereocenters. The van der Waals surface area contributed by atoms with Gasteiger partial charge < -0.3 is 20.1 Å². The fourth-order valence-electron chi connectivity index (χ4n) is 4.38. The molecule has 3 N–H and O–H groups in total. The maximum atomic E-state index is 9.70. The zero-order valence-corrected chi connectivity index (χ0v) is 18.9. The molecule has 3 aromatic rings. The average molecular weight is 437 g/mol. The Bertz CT molecular complexity index is 1020. The quantitative estimate of drug-likeness (QED) is 0.544. The van der Waals surface area contributed by atoms with E-state index in [2.05, 4.69) is 11.2 Å². The number of nitrogens with two attached hydrogens (primary N) is 1. The number of aromatic nitrogens is 3. The second kappa shape index (κ2) is 10.2. The molecule has 1 aliphatic carbocycles. The van der Waals surface area contributed by atoms with Gasteiger partial charge in [0.15, 0.2) is 5.82 Å². The number of benzene rings is 1. The van der Waals surface area contributed by atoms with Crippen LogP contribution in [0.3, 0.4) is 0 Å². The van der Waals surface area contributed by atoms with Gasteiger partial charge in [0.2, 0.25) is 0 Å². The predicted octanol–water partition coefficient (Wildman–Crippen LogP) is 4.24. The second-order valence-electron chi connectivity index (χ2n) is 8.70. The first-order valence-electron chi connectivity index (χ1n) is 11.5. The fourth-order valence-corrected chi connectivity index (χ4v) is 4.38. The fraction of sp³-hybridized carbons (Fsp3) is 0.480. The number of aliphatic hydroxyl groups excluding tert-OH is 1. The van der Waals surface area contributed by atoms with Crippen LogP contribution in [0.5, 0.6) is 5.75 Å². The van der Waals surface area contributed by atoms with Gasteiger partial charge in [-0.2, -0.15) is 0 Å². The number of hydrogen-bond acceptors (Lipinski definition) is 7. The molecule has 0 amide bonds. The summed E-state index contributed by atoms with van der Waals surface area (Å²) in [6, 6.07) is 9.73. The normalized spacial score (nSPS) is 15.6. The van der Waals surface area contributed by atoms with Gasteiger partial charge in [0.1, 0.15) is 24.2 Å². The molecular weight excluding hydrogens is 404 g/mol. The van der Waals surface area contributed by atoms with Crippen LogP contribution in [0.25, 0.3) is 22.6 Å². The number of hydrogen-bond donors (Lipinski definition) is 2. The van der Waals surface area contributed by atoms with Gasteiger partial charge in [0.05, 0.1) is 17.0 Å². The van der Waals surface area contributed by atoms with Crippen LogP contribution in [0.1, 0.15) is 49.3 Å². The minimum atomic E-state index is -0.695. The van der Waals surface area contributed by atoms with Gasteiger partial charge in [-0.15, -0.1) is 0 Å². The molecular formula is C25H32N4O3. The number of aliphatic hydroxyl groups is 1. The Morgan fingerprint density at radius 2 is 1.97 bits per heavy atom. The van der Waals surface area contributed by atoms with Crippen molar-refractivity contribution in [2.24, 2.45) is 11.7 Å². The summed E-state index contributed by atoms with van der Waals surface area (Å²) in [5.41, 5.74) is 9.97. The van der Waals surface area contributed by atoms with E-state index in [0.717, 1.165) is 40.4 Å². The van der Waals surface area contributed by atoms with Crippen molar-refractivity contribution in [3.63, 3.8) is 0 Å². The van der Waals surface area contributed by atoms with Crippen LogP contribution in [0.15, 0.2) is 34.9 Å².